The lowest BCUT2D eigenvalue weighted by atomic mass is 10.1. The molecule has 9 heteroatoms. The Labute approximate surface area is 154 Å². The number of hydrogen-bond donors (Lipinski definition) is 2. The molecule has 0 saturated carbocycles. The zero-order valence-electron chi connectivity index (χ0n) is 14.5. The lowest BCUT2D eigenvalue weighted by Gasteiger charge is -2.27. The Bertz CT molecular complexity index is 1010. The van der Waals surface area contributed by atoms with Crippen LogP contribution in [0.1, 0.15) is 26.7 Å². The third kappa shape index (κ3) is 3.14. The standard InChI is InChI=1S/C18H17N5O4/c1-27-18(26)16-8-12-10-22(6-7-23(12)21-16)17(25)15-9-14(19-20-15)11-2-4-13(24)5-3-11/h2-5,8-9,24H,6-7,10H2,1H3,(H,19,20). The maximum absolute atomic E-state index is 12.8. The largest absolute Gasteiger partial charge is 0.508 e. The summed E-state index contributed by atoms with van der Waals surface area (Å²) in [5.74, 6) is -0.511. The summed E-state index contributed by atoms with van der Waals surface area (Å²) in [4.78, 5) is 26.1. The molecule has 1 aromatic carbocycles. The first-order chi connectivity index (χ1) is 13.0. The number of carbonyl (C=O) groups is 2. The van der Waals surface area contributed by atoms with E-state index in [0.29, 0.717) is 31.0 Å². The molecule has 0 unspecified atom stereocenters. The molecule has 4 rings (SSSR count). The van der Waals surface area contributed by atoms with Gasteiger partial charge in [-0.15, -0.1) is 0 Å². The quantitative estimate of drug-likeness (QED) is 0.677. The van der Waals surface area contributed by atoms with Crippen LogP contribution in [0.2, 0.25) is 0 Å². The number of esters is 1. The van der Waals surface area contributed by atoms with Crippen LogP contribution in [-0.2, 0) is 17.8 Å². The summed E-state index contributed by atoms with van der Waals surface area (Å²) in [6, 6.07) is 9.91. The Balaban J connectivity index is 1.51. The van der Waals surface area contributed by atoms with E-state index in [1.54, 1.807) is 46.0 Å². The van der Waals surface area contributed by atoms with Crippen LogP contribution < -0.4 is 0 Å². The summed E-state index contributed by atoms with van der Waals surface area (Å²) in [5, 5.41) is 20.5. The Hall–Kier alpha value is -3.62. The lowest BCUT2D eigenvalue weighted by Crippen LogP contribution is -2.38. The second-order valence-electron chi connectivity index (χ2n) is 6.18. The van der Waals surface area contributed by atoms with Gasteiger partial charge in [0.15, 0.2) is 5.69 Å². The summed E-state index contributed by atoms with van der Waals surface area (Å²) in [6.45, 7) is 1.31. The predicted octanol–water partition coefficient (Wildman–Crippen LogP) is 1.42. The van der Waals surface area contributed by atoms with Crippen LogP contribution in [0.25, 0.3) is 11.3 Å². The maximum Gasteiger partial charge on any atom is 0.358 e. The molecule has 2 aromatic heterocycles. The van der Waals surface area contributed by atoms with Crippen LogP contribution in [0, 0.1) is 0 Å². The Kier molecular flexibility index (Phi) is 4.11. The van der Waals surface area contributed by atoms with Crippen molar-refractivity contribution >= 4 is 11.9 Å². The van der Waals surface area contributed by atoms with Crippen molar-refractivity contribution in [1.29, 1.82) is 0 Å². The van der Waals surface area contributed by atoms with Crippen LogP contribution in [-0.4, -0.2) is 55.5 Å². The highest BCUT2D eigenvalue weighted by atomic mass is 16.5. The molecule has 0 spiro atoms. The highest BCUT2D eigenvalue weighted by Gasteiger charge is 2.26. The number of aromatic nitrogens is 4. The van der Waals surface area contributed by atoms with E-state index in [1.807, 2.05) is 0 Å². The van der Waals surface area contributed by atoms with Crippen molar-refractivity contribution in [3.05, 3.63) is 53.5 Å². The minimum absolute atomic E-state index is 0.168. The number of rotatable bonds is 3. The number of carbonyl (C=O) groups excluding carboxylic acids is 2. The van der Waals surface area contributed by atoms with Gasteiger partial charge in [0.25, 0.3) is 5.91 Å². The number of aromatic hydroxyl groups is 1. The molecule has 138 valence electrons. The van der Waals surface area contributed by atoms with Crippen LogP contribution in [0.15, 0.2) is 36.4 Å². The van der Waals surface area contributed by atoms with Crippen molar-refractivity contribution in [2.24, 2.45) is 0 Å². The molecular formula is C18H17N5O4. The van der Waals surface area contributed by atoms with Crippen molar-refractivity contribution < 1.29 is 19.4 Å². The van der Waals surface area contributed by atoms with E-state index in [9.17, 15) is 14.7 Å². The van der Waals surface area contributed by atoms with E-state index in [2.05, 4.69) is 20.0 Å². The molecular weight excluding hydrogens is 350 g/mol. The number of phenolic OH excluding ortho intramolecular Hbond substituents is 1. The molecule has 1 aliphatic rings. The number of methoxy groups -OCH3 is 1. The first-order valence-corrected chi connectivity index (χ1v) is 8.34. The number of benzene rings is 1. The van der Waals surface area contributed by atoms with Gasteiger partial charge in [0.05, 0.1) is 31.6 Å². The van der Waals surface area contributed by atoms with E-state index >= 15 is 0 Å². The van der Waals surface area contributed by atoms with Crippen molar-refractivity contribution in [2.45, 2.75) is 13.1 Å². The third-order valence-electron chi connectivity index (χ3n) is 4.45. The number of phenols is 1. The summed E-state index contributed by atoms with van der Waals surface area (Å²) >= 11 is 0. The lowest BCUT2D eigenvalue weighted by molar-refractivity contribution is 0.0591. The summed E-state index contributed by atoms with van der Waals surface area (Å²) in [6.07, 6.45) is 0. The average molecular weight is 367 g/mol. The fourth-order valence-electron chi connectivity index (χ4n) is 3.03. The highest BCUT2D eigenvalue weighted by molar-refractivity contribution is 5.93. The minimum atomic E-state index is -0.498. The number of aromatic amines is 1. The normalized spacial score (nSPS) is 13.3. The zero-order chi connectivity index (χ0) is 19.0. The second kappa shape index (κ2) is 6.60. The van der Waals surface area contributed by atoms with Gasteiger partial charge in [-0.2, -0.15) is 10.2 Å². The number of H-pyrrole nitrogens is 1. The average Bonchev–Trinajstić information content (AvgIpc) is 3.34. The van der Waals surface area contributed by atoms with Crippen LogP contribution in [0.3, 0.4) is 0 Å². The number of fused-ring (bicyclic) bond motifs is 1. The molecule has 3 aromatic rings. The molecule has 0 fully saturated rings. The Morgan fingerprint density at radius 2 is 1.96 bits per heavy atom. The van der Waals surface area contributed by atoms with Gasteiger partial charge in [-0.3, -0.25) is 14.6 Å². The summed E-state index contributed by atoms with van der Waals surface area (Å²) in [7, 11) is 1.31. The van der Waals surface area contributed by atoms with Crippen molar-refractivity contribution in [3.63, 3.8) is 0 Å². The zero-order valence-corrected chi connectivity index (χ0v) is 14.5. The Morgan fingerprint density at radius 1 is 1.19 bits per heavy atom. The van der Waals surface area contributed by atoms with E-state index in [0.717, 1.165) is 11.3 Å². The first-order valence-electron chi connectivity index (χ1n) is 8.34. The molecule has 27 heavy (non-hydrogen) atoms. The topological polar surface area (TPSA) is 113 Å². The molecule has 0 aliphatic carbocycles. The number of amides is 1. The molecule has 9 nitrogen and oxygen atoms in total. The fourth-order valence-corrected chi connectivity index (χ4v) is 3.03. The molecule has 1 aliphatic heterocycles. The number of ether oxygens (including phenoxy) is 1. The molecule has 1 amide bonds. The van der Waals surface area contributed by atoms with Gasteiger partial charge in [-0.05, 0) is 36.4 Å². The van der Waals surface area contributed by atoms with E-state index < -0.39 is 5.97 Å². The fraction of sp³-hybridized carbons (Fsp3) is 0.222. The number of nitrogens with zero attached hydrogens (tertiary/aromatic N) is 4. The van der Waals surface area contributed by atoms with Crippen molar-refractivity contribution in [3.8, 4) is 17.0 Å². The smallest absolute Gasteiger partial charge is 0.358 e. The predicted molar refractivity (Wildman–Crippen MR) is 94.0 cm³/mol. The van der Waals surface area contributed by atoms with Gasteiger partial charge >= 0.3 is 5.97 Å². The van der Waals surface area contributed by atoms with Gasteiger partial charge in [0.1, 0.15) is 11.4 Å². The molecule has 2 N–H and O–H groups in total. The molecule has 0 saturated heterocycles. The maximum atomic E-state index is 12.8. The molecule has 0 radical (unpaired) electrons. The Morgan fingerprint density at radius 3 is 2.70 bits per heavy atom. The number of nitrogens with one attached hydrogen (secondary N) is 1. The van der Waals surface area contributed by atoms with Gasteiger partial charge in [-0.1, -0.05) is 0 Å². The van der Waals surface area contributed by atoms with E-state index in [-0.39, 0.29) is 17.4 Å². The summed E-state index contributed by atoms with van der Waals surface area (Å²) in [5.41, 5.74) is 2.79. The SMILES string of the molecule is COC(=O)c1cc2n(n1)CCN(C(=O)c1cc(-c3ccc(O)cc3)n[nH]1)C2. The second-order valence-corrected chi connectivity index (χ2v) is 6.18. The summed E-state index contributed by atoms with van der Waals surface area (Å²) < 4.78 is 6.40. The van der Waals surface area contributed by atoms with Gasteiger partial charge in [0.2, 0.25) is 0 Å². The third-order valence-corrected chi connectivity index (χ3v) is 4.45. The van der Waals surface area contributed by atoms with Crippen molar-refractivity contribution in [2.75, 3.05) is 13.7 Å². The van der Waals surface area contributed by atoms with E-state index in [1.165, 1.54) is 7.11 Å². The highest BCUT2D eigenvalue weighted by Crippen LogP contribution is 2.22. The minimum Gasteiger partial charge on any atom is -0.508 e. The van der Waals surface area contributed by atoms with Crippen LogP contribution in [0.4, 0.5) is 0 Å². The van der Waals surface area contributed by atoms with E-state index in [4.69, 9.17) is 0 Å². The molecule has 0 atom stereocenters. The van der Waals surface area contributed by atoms with Gasteiger partial charge in [-0.25, -0.2) is 4.79 Å². The first kappa shape index (κ1) is 16.8. The number of hydrogen-bond acceptors (Lipinski definition) is 6. The van der Waals surface area contributed by atoms with Gasteiger partial charge < -0.3 is 14.7 Å². The molecule has 0 bridgehead atoms. The van der Waals surface area contributed by atoms with Crippen molar-refractivity contribution in [1.82, 2.24) is 24.9 Å². The van der Waals surface area contributed by atoms with Crippen LogP contribution >= 0.6 is 0 Å². The monoisotopic (exact) mass is 367 g/mol. The molecule has 3 heterocycles. The van der Waals surface area contributed by atoms with Gasteiger partial charge in [0, 0.05) is 12.1 Å². The van der Waals surface area contributed by atoms with Crippen LogP contribution in [0.5, 0.6) is 5.75 Å².